The van der Waals surface area contributed by atoms with Gasteiger partial charge in [0.05, 0.1) is 4.87 Å². The number of hydrogen-bond acceptors (Lipinski definition) is 0. The molecule has 1 aromatic carbocycles. The van der Waals surface area contributed by atoms with Gasteiger partial charge >= 0.3 is 0 Å². The van der Waals surface area contributed by atoms with Crippen molar-refractivity contribution in [2.45, 2.75) is 18.2 Å². The van der Waals surface area contributed by atoms with E-state index >= 15 is 0 Å². The van der Waals surface area contributed by atoms with Crippen LogP contribution in [-0.4, -0.2) is 9.30 Å². The monoisotopic (exact) mass is 294 g/mol. The molecule has 2 heteroatoms. The van der Waals surface area contributed by atoms with Crippen molar-refractivity contribution in [3.8, 4) is 0 Å². The molecule has 0 aliphatic carbocycles. The Hall–Kier alpha value is 0.240. The fraction of sp³-hybridized carbons (Fsp3) is 0.400. The van der Waals surface area contributed by atoms with Crippen molar-refractivity contribution in [2.24, 2.45) is 0 Å². The molecular formula is C10H12ClI. The summed E-state index contributed by atoms with van der Waals surface area (Å²) < 4.78 is 0.973. The maximum Gasteiger partial charge on any atom is 0.0548 e. The minimum absolute atomic E-state index is 0.0953. The van der Waals surface area contributed by atoms with Crippen molar-refractivity contribution >= 4 is 34.2 Å². The van der Waals surface area contributed by atoms with Gasteiger partial charge in [-0.25, -0.2) is 0 Å². The van der Waals surface area contributed by atoms with Crippen LogP contribution in [0.2, 0.25) is 0 Å². The molecule has 0 aliphatic heterocycles. The van der Waals surface area contributed by atoms with E-state index in [2.05, 4.69) is 53.8 Å². The fourth-order valence-corrected chi connectivity index (χ4v) is 1.49. The molecular weight excluding hydrogens is 282 g/mol. The first-order valence-electron chi connectivity index (χ1n) is 3.93. The van der Waals surface area contributed by atoms with E-state index in [4.69, 9.17) is 11.6 Å². The zero-order valence-electron chi connectivity index (χ0n) is 7.06. The van der Waals surface area contributed by atoms with Crippen LogP contribution in [0.1, 0.15) is 12.5 Å². The lowest BCUT2D eigenvalue weighted by molar-refractivity contribution is 0.715. The molecule has 66 valence electrons. The van der Waals surface area contributed by atoms with Crippen LogP contribution in [0.4, 0.5) is 0 Å². The average Bonchev–Trinajstić information content (AvgIpc) is 2.06. The van der Waals surface area contributed by atoms with Crippen LogP contribution in [0, 0.1) is 0 Å². The normalized spacial score (nSPS) is 15.6. The van der Waals surface area contributed by atoms with Crippen molar-refractivity contribution in [3.05, 3.63) is 35.9 Å². The summed E-state index contributed by atoms with van der Waals surface area (Å²) >= 11 is 8.57. The Morgan fingerprint density at radius 1 is 1.33 bits per heavy atom. The van der Waals surface area contributed by atoms with Crippen LogP contribution in [0.15, 0.2) is 30.3 Å². The summed E-state index contributed by atoms with van der Waals surface area (Å²) in [6, 6.07) is 10.4. The number of benzene rings is 1. The molecule has 0 N–H and O–H groups in total. The smallest absolute Gasteiger partial charge is 0.0548 e. The Kier molecular flexibility index (Phi) is 3.84. The molecule has 0 bridgehead atoms. The van der Waals surface area contributed by atoms with Gasteiger partial charge in [-0.15, -0.1) is 11.6 Å². The minimum Gasteiger partial charge on any atom is -0.118 e. The van der Waals surface area contributed by atoms with Gasteiger partial charge in [-0.2, -0.15) is 0 Å². The first-order chi connectivity index (χ1) is 5.64. The van der Waals surface area contributed by atoms with Crippen LogP contribution < -0.4 is 0 Å². The van der Waals surface area contributed by atoms with Crippen LogP contribution in [0.5, 0.6) is 0 Å². The summed E-state index contributed by atoms with van der Waals surface area (Å²) in [5.41, 5.74) is 1.31. The maximum absolute atomic E-state index is 6.25. The van der Waals surface area contributed by atoms with Gasteiger partial charge in [-0.3, -0.25) is 0 Å². The molecule has 0 nitrogen and oxygen atoms in total. The molecule has 1 atom stereocenters. The van der Waals surface area contributed by atoms with E-state index < -0.39 is 0 Å². The molecule has 12 heavy (non-hydrogen) atoms. The lowest BCUT2D eigenvalue weighted by Gasteiger charge is -2.18. The molecule has 0 heterocycles. The van der Waals surface area contributed by atoms with Crippen LogP contribution in [0.25, 0.3) is 0 Å². The molecule has 0 aliphatic rings. The predicted molar refractivity (Wildman–Crippen MR) is 63.3 cm³/mol. The number of rotatable bonds is 3. The van der Waals surface area contributed by atoms with E-state index in [9.17, 15) is 0 Å². The summed E-state index contributed by atoms with van der Waals surface area (Å²) in [4.78, 5) is -0.0953. The van der Waals surface area contributed by atoms with Gasteiger partial charge in [0.1, 0.15) is 0 Å². The summed E-state index contributed by atoms with van der Waals surface area (Å²) in [5.74, 6) is 0. The van der Waals surface area contributed by atoms with E-state index in [1.807, 2.05) is 6.07 Å². The quantitative estimate of drug-likeness (QED) is 0.589. The molecule has 1 rings (SSSR count). The van der Waals surface area contributed by atoms with E-state index in [0.717, 1.165) is 10.8 Å². The van der Waals surface area contributed by atoms with Gasteiger partial charge in [0.2, 0.25) is 0 Å². The molecule has 0 saturated heterocycles. The number of halogens is 2. The predicted octanol–water partition coefficient (Wildman–Crippen LogP) is 3.66. The van der Waals surface area contributed by atoms with Gasteiger partial charge in [0, 0.05) is 4.43 Å². The zero-order valence-corrected chi connectivity index (χ0v) is 9.97. The Balaban J connectivity index is 2.64. The molecule has 1 aromatic rings. The Bertz CT molecular complexity index is 231. The molecule has 0 radical (unpaired) electrons. The summed E-state index contributed by atoms with van der Waals surface area (Å²) in [6.45, 7) is 2.08. The van der Waals surface area contributed by atoms with E-state index in [0.29, 0.717) is 0 Å². The highest BCUT2D eigenvalue weighted by molar-refractivity contribution is 14.1. The standard InChI is InChI=1S/C10H12ClI/c1-10(11,8-12)7-9-5-3-2-4-6-9/h2-6H,7-8H2,1H3. The third kappa shape index (κ3) is 3.31. The van der Waals surface area contributed by atoms with Crippen LogP contribution in [-0.2, 0) is 6.42 Å². The fourth-order valence-electron chi connectivity index (χ4n) is 1.07. The summed E-state index contributed by atoms with van der Waals surface area (Å²) in [5, 5.41) is 0. The van der Waals surface area contributed by atoms with E-state index in [-0.39, 0.29) is 4.87 Å². The second-order valence-electron chi connectivity index (χ2n) is 3.21. The Morgan fingerprint density at radius 2 is 1.92 bits per heavy atom. The zero-order chi connectivity index (χ0) is 9.03. The average molecular weight is 295 g/mol. The molecule has 0 fully saturated rings. The largest absolute Gasteiger partial charge is 0.118 e. The number of hydrogen-bond donors (Lipinski definition) is 0. The van der Waals surface area contributed by atoms with E-state index in [1.165, 1.54) is 5.56 Å². The van der Waals surface area contributed by atoms with Crippen LogP contribution in [0.3, 0.4) is 0 Å². The van der Waals surface area contributed by atoms with Crippen molar-refractivity contribution in [1.29, 1.82) is 0 Å². The van der Waals surface area contributed by atoms with Gasteiger partial charge in [-0.1, -0.05) is 52.9 Å². The van der Waals surface area contributed by atoms with Gasteiger partial charge in [0.25, 0.3) is 0 Å². The van der Waals surface area contributed by atoms with Crippen molar-refractivity contribution in [2.75, 3.05) is 4.43 Å². The third-order valence-corrected chi connectivity index (χ3v) is 4.10. The van der Waals surface area contributed by atoms with Gasteiger partial charge in [0.15, 0.2) is 0 Å². The maximum atomic E-state index is 6.25. The molecule has 1 unspecified atom stereocenters. The topological polar surface area (TPSA) is 0 Å². The van der Waals surface area contributed by atoms with E-state index in [1.54, 1.807) is 0 Å². The summed E-state index contributed by atoms with van der Waals surface area (Å²) in [7, 11) is 0. The molecule has 0 amide bonds. The SMILES string of the molecule is CC(Cl)(CI)Cc1ccccc1. The highest BCUT2D eigenvalue weighted by Gasteiger charge is 2.18. The first kappa shape index (κ1) is 10.3. The van der Waals surface area contributed by atoms with Crippen molar-refractivity contribution in [3.63, 3.8) is 0 Å². The molecule has 0 saturated carbocycles. The molecule has 0 spiro atoms. The Labute approximate surface area is 92.5 Å². The molecule has 0 aromatic heterocycles. The van der Waals surface area contributed by atoms with Crippen molar-refractivity contribution < 1.29 is 0 Å². The lowest BCUT2D eigenvalue weighted by Crippen LogP contribution is -2.21. The first-order valence-corrected chi connectivity index (χ1v) is 5.83. The lowest BCUT2D eigenvalue weighted by atomic mass is 10.0. The number of alkyl halides is 2. The second kappa shape index (κ2) is 4.47. The summed E-state index contributed by atoms with van der Waals surface area (Å²) in [6.07, 6.45) is 0.943. The Morgan fingerprint density at radius 3 is 2.42 bits per heavy atom. The van der Waals surface area contributed by atoms with Gasteiger partial charge < -0.3 is 0 Å². The van der Waals surface area contributed by atoms with Gasteiger partial charge in [-0.05, 0) is 18.9 Å². The third-order valence-electron chi connectivity index (χ3n) is 1.69. The minimum atomic E-state index is -0.0953. The highest BCUT2D eigenvalue weighted by Crippen LogP contribution is 2.22. The second-order valence-corrected chi connectivity index (χ2v) is 4.88. The highest BCUT2D eigenvalue weighted by atomic mass is 127. The van der Waals surface area contributed by atoms with Crippen molar-refractivity contribution in [1.82, 2.24) is 0 Å². The van der Waals surface area contributed by atoms with Crippen LogP contribution >= 0.6 is 34.2 Å².